The van der Waals surface area contributed by atoms with Crippen LogP contribution in [0.25, 0.3) is 0 Å². The van der Waals surface area contributed by atoms with Crippen LogP contribution in [0.2, 0.25) is 0 Å². The van der Waals surface area contributed by atoms with E-state index in [2.05, 4.69) is 10.3 Å². The van der Waals surface area contributed by atoms with Crippen LogP contribution in [0.4, 0.5) is 0 Å². The molecule has 0 saturated heterocycles. The number of aromatic carboxylic acids is 1. The molecule has 0 aliphatic rings. The maximum absolute atomic E-state index is 11.9. The molecule has 24 heavy (non-hydrogen) atoms. The summed E-state index contributed by atoms with van der Waals surface area (Å²) in [6.45, 7) is 2.48. The van der Waals surface area contributed by atoms with Gasteiger partial charge in [0, 0.05) is 11.9 Å². The molecule has 0 fully saturated rings. The van der Waals surface area contributed by atoms with Crippen LogP contribution in [0.5, 0.6) is 5.75 Å². The van der Waals surface area contributed by atoms with Crippen LogP contribution >= 0.6 is 11.3 Å². The van der Waals surface area contributed by atoms with Crippen molar-refractivity contribution in [1.29, 1.82) is 0 Å². The molecule has 2 aromatic rings. The van der Waals surface area contributed by atoms with E-state index in [1.807, 2.05) is 12.3 Å². The number of carbonyl (C=O) groups is 2. The Labute approximate surface area is 144 Å². The van der Waals surface area contributed by atoms with Gasteiger partial charge in [-0.05, 0) is 30.5 Å². The fraction of sp³-hybridized carbons (Fsp3) is 0.353. The van der Waals surface area contributed by atoms with E-state index < -0.39 is 5.97 Å². The van der Waals surface area contributed by atoms with E-state index in [1.54, 1.807) is 17.4 Å². The number of carbonyl (C=O) groups excluding carboxylic acids is 1. The van der Waals surface area contributed by atoms with Crippen LogP contribution in [0.3, 0.4) is 0 Å². The van der Waals surface area contributed by atoms with Gasteiger partial charge in [0.1, 0.15) is 5.75 Å². The van der Waals surface area contributed by atoms with E-state index in [0.29, 0.717) is 18.7 Å². The number of aryl methyl sites for hydroxylation is 1. The molecule has 0 spiro atoms. The number of hydrogen-bond acceptors (Lipinski definition) is 5. The van der Waals surface area contributed by atoms with Crippen LogP contribution in [0.15, 0.2) is 23.6 Å². The normalized spacial score (nSPS) is 10.4. The highest BCUT2D eigenvalue weighted by molar-refractivity contribution is 7.09. The van der Waals surface area contributed by atoms with Gasteiger partial charge in [0.25, 0.3) is 0 Å². The molecule has 0 atom stereocenters. The predicted octanol–water partition coefficient (Wildman–Crippen LogP) is 2.31. The third-order valence-corrected chi connectivity index (χ3v) is 4.54. The average Bonchev–Trinajstić information content (AvgIpc) is 3.02. The Morgan fingerprint density at radius 2 is 2.17 bits per heavy atom. The summed E-state index contributed by atoms with van der Waals surface area (Å²) in [5, 5.41) is 14.8. The molecule has 2 rings (SSSR count). The number of benzene rings is 1. The topological polar surface area (TPSA) is 88.5 Å². The van der Waals surface area contributed by atoms with Crippen molar-refractivity contribution in [2.45, 2.75) is 26.2 Å². The molecule has 0 saturated carbocycles. The highest BCUT2D eigenvalue weighted by atomic mass is 32.1. The van der Waals surface area contributed by atoms with E-state index in [0.717, 1.165) is 22.7 Å². The van der Waals surface area contributed by atoms with Gasteiger partial charge >= 0.3 is 5.97 Å². The van der Waals surface area contributed by atoms with E-state index in [4.69, 9.17) is 9.84 Å². The van der Waals surface area contributed by atoms with E-state index >= 15 is 0 Å². The first kappa shape index (κ1) is 17.9. The summed E-state index contributed by atoms with van der Waals surface area (Å²) >= 11 is 1.57. The predicted molar refractivity (Wildman–Crippen MR) is 91.9 cm³/mol. The summed E-state index contributed by atoms with van der Waals surface area (Å²) in [7, 11) is 1.50. The minimum Gasteiger partial charge on any atom is -0.496 e. The minimum absolute atomic E-state index is 0.0796. The van der Waals surface area contributed by atoms with Gasteiger partial charge in [-0.3, -0.25) is 4.79 Å². The highest BCUT2D eigenvalue weighted by Gasteiger charge is 2.10. The quantitative estimate of drug-likeness (QED) is 0.764. The van der Waals surface area contributed by atoms with Gasteiger partial charge in [-0.25, -0.2) is 9.78 Å². The largest absolute Gasteiger partial charge is 0.496 e. The molecule has 0 unspecified atom stereocenters. The second kappa shape index (κ2) is 8.44. The van der Waals surface area contributed by atoms with Crippen LogP contribution in [0, 0.1) is 0 Å². The monoisotopic (exact) mass is 348 g/mol. The number of nitrogens with one attached hydrogen (secondary N) is 1. The number of rotatable bonds is 8. The zero-order chi connectivity index (χ0) is 17.5. The molecule has 1 amide bonds. The third-order valence-electron chi connectivity index (χ3n) is 3.49. The minimum atomic E-state index is -0.997. The third kappa shape index (κ3) is 4.79. The zero-order valence-corrected chi connectivity index (χ0v) is 14.5. The van der Waals surface area contributed by atoms with Crippen molar-refractivity contribution in [3.05, 3.63) is 45.4 Å². The molecular weight excluding hydrogens is 328 g/mol. The summed E-state index contributed by atoms with van der Waals surface area (Å²) in [5.74, 6) is -0.567. The van der Waals surface area contributed by atoms with Crippen LogP contribution in [-0.2, 0) is 24.1 Å². The van der Waals surface area contributed by atoms with Gasteiger partial charge < -0.3 is 15.2 Å². The van der Waals surface area contributed by atoms with Crippen molar-refractivity contribution in [2.24, 2.45) is 0 Å². The van der Waals surface area contributed by atoms with E-state index in [-0.39, 0.29) is 17.9 Å². The Morgan fingerprint density at radius 3 is 2.79 bits per heavy atom. The van der Waals surface area contributed by atoms with Gasteiger partial charge in [0.05, 0.1) is 29.8 Å². The SMILES string of the molecule is CCc1nc(CC(=O)NCCc2ccc(C(=O)O)cc2OC)cs1. The molecule has 128 valence electrons. The molecule has 0 radical (unpaired) electrons. The standard InChI is InChI=1S/C17H20N2O4S/c1-3-16-19-13(10-24-16)9-15(20)18-7-6-11-4-5-12(17(21)22)8-14(11)23-2/h4-5,8,10H,3,6-7,9H2,1-2H3,(H,18,20)(H,21,22). The van der Waals surface area contributed by atoms with Crippen molar-refractivity contribution >= 4 is 23.2 Å². The maximum atomic E-state index is 11.9. The number of thiazole rings is 1. The molecule has 2 N–H and O–H groups in total. The molecule has 0 bridgehead atoms. The fourth-order valence-electron chi connectivity index (χ4n) is 2.24. The molecule has 0 aliphatic heterocycles. The number of nitrogens with zero attached hydrogens (tertiary/aromatic N) is 1. The summed E-state index contributed by atoms with van der Waals surface area (Å²) < 4.78 is 5.22. The first-order valence-electron chi connectivity index (χ1n) is 7.63. The second-order valence-electron chi connectivity index (χ2n) is 5.19. The molecule has 1 heterocycles. The zero-order valence-electron chi connectivity index (χ0n) is 13.7. The molecule has 6 nitrogen and oxygen atoms in total. The van der Waals surface area contributed by atoms with Crippen molar-refractivity contribution in [1.82, 2.24) is 10.3 Å². The maximum Gasteiger partial charge on any atom is 0.335 e. The molecular formula is C17H20N2O4S. The molecule has 0 aliphatic carbocycles. The molecule has 1 aromatic heterocycles. The lowest BCUT2D eigenvalue weighted by Gasteiger charge is -2.10. The number of carboxylic acids is 1. The Morgan fingerprint density at radius 1 is 1.38 bits per heavy atom. The summed E-state index contributed by atoms with van der Waals surface area (Å²) in [4.78, 5) is 27.3. The second-order valence-corrected chi connectivity index (χ2v) is 6.14. The van der Waals surface area contributed by atoms with Gasteiger partial charge in [0.2, 0.25) is 5.91 Å². The van der Waals surface area contributed by atoms with Gasteiger partial charge in [-0.15, -0.1) is 11.3 Å². The molecule has 1 aromatic carbocycles. The van der Waals surface area contributed by atoms with Crippen molar-refractivity contribution < 1.29 is 19.4 Å². The average molecular weight is 348 g/mol. The lowest BCUT2D eigenvalue weighted by Crippen LogP contribution is -2.27. The van der Waals surface area contributed by atoms with E-state index in [9.17, 15) is 9.59 Å². The van der Waals surface area contributed by atoms with Crippen LogP contribution in [-0.4, -0.2) is 35.6 Å². The Hall–Kier alpha value is -2.41. The van der Waals surface area contributed by atoms with E-state index in [1.165, 1.54) is 19.2 Å². The summed E-state index contributed by atoms with van der Waals surface area (Å²) in [6.07, 6.45) is 1.70. The van der Waals surface area contributed by atoms with Gasteiger partial charge in [0.15, 0.2) is 0 Å². The first-order valence-corrected chi connectivity index (χ1v) is 8.51. The van der Waals surface area contributed by atoms with Gasteiger partial charge in [-0.1, -0.05) is 13.0 Å². The van der Waals surface area contributed by atoms with Crippen LogP contribution < -0.4 is 10.1 Å². The number of ether oxygens (including phenoxy) is 1. The van der Waals surface area contributed by atoms with Crippen molar-refractivity contribution in [3.8, 4) is 5.75 Å². The first-order chi connectivity index (χ1) is 11.5. The smallest absolute Gasteiger partial charge is 0.335 e. The number of carboxylic acid groups (broad SMARTS) is 1. The number of amides is 1. The lowest BCUT2D eigenvalue weighted by atomic mass is 10.1. The Kier molecular flexibility index (Phi) is 6.31. The Bertz CT molecular complexity index is 727. The number of methoxy groups -OCH3 is 1. The number of hydrogen-bond donors (Lipinski definition) is 2. The summed E-state index contributed by atoms with van der Waals surface area (Å²) in [6, 6.07) is 4.73. The fourth-order valence-corrected chi connectivity index (χ4v) is 2.98. The lowest BCUT2D eigenvalue weighted by molar-refractivity contribution is -0.120. The summed E-state index contributed by atoms with van der Waals surface area (Å²) in [5.41, 5.74) is 1.82. The van der Waals surface area contributed by atoms with Crippen LogP contribution in [0.1, 0.15) is 33.5 Å². The highest BCUT2D eigenvalue weighted by Crippen LogP contribution is 2.20. The Balaban J connectivity index is 1.87. The van der Waals surface area contributed by atoms with Crippen molar-refractivity contribution in [3.63, 3.8) is 0 Å². The van der Waals surface area contributed by atoms with Gasteiger partial charge in [-0.2, -0.15) is 0 Å². The van der Waals surface area contributed by atoms with Crippen molar-refractivity contribution in [2.75, 3.05) is 13.7 Å². The molecule has 7 heteroatoms. The number of aromatic nitrogens is 1.